The lowest BCUT2D eigenvalue weighted by molar-refractivity contribution is -0.114. The molecular weight excluding hydrogens is 496 g/mol. The van der Waals surface area contributed by atoms with Crippen molar-refractivity contribution in [3.63, 3.8) is 0 Å². The van der Waals surface area contributed by atoms with E-state index in [2.05, 4.69) is 20.4 Å². The van der Waals surface area contributed by atoms with Crippen molar-refractivity contribution in [3.8, 4) is 0 Å². The second-order valence-corrected chi connectivity index (χ2v) is 9.98. The lowest BCUT2D eigenvalue weighted by atomic mass is 10.0. The van der Waals surface area contributed by atoms with E-state index in [1.807, 2.05) is 24.3 Å². The number of benzene rings is 2. The number of likely N-dealkylation sites (tertiary alicyclic amines) is 1. The van der Waals surface area contributed by atoms with Gasteiger partial charge in [-0.1, -0.05) is 18.2 Å². The Hall–Kier alpha value is -3.73. The second kappa shape index (κ2) is 10.9. The van der Waals surface area contributed by atoms with Crippen LogP contribution in [-0.4, -0.2) is 72.7 Å². The van der Waals surface area contributed by atoms with Gasteiger partial charge in [0.25, 0.3) is 0 Å². The van der Waals surface area contributed by atoms with E-state index in [9.17, 15) is 23.2 Å². The van der Waals surface area contributed by atoms with Crippen LogP contribution in [0.5, 0.6) is 0 Å². The van der Waals surface area contributed by atoms with Crippen molar-refractivity contribution in [2.45, 2.75) is 44.3 Å². The smallest absolute Gasteiger partial charge is 0.418 e. The first-order valence-corrected chi connectivity index (χ1v) is 12.9. The molecule has 3 saturated heterocycles. The highest BCUT2D eigenvalue weighted by molar-refractivity contribution is 5.93. The fourth-order valence-electron chi connectivity index (χ4n) is 5.61. The molecule has 0 bridgehead atoms. The van der Waals surface area contributed by atoms with E-state index in [0.717, 1.165) is 67.3 Å². The highest BCUT2D eigenvalue weighted by atomic mass is 19.2. The van der Waals surface area contributed by atoms with Gasteiger partial charge in [-0.3, -0.25) is 9.69 Å². The minimum atomic E-state index is -1.04. The summed E-state index contributed by atoms with van der Waals surface area (Å²) in [6.45, 7) is 4.58. The van der Waals surface area contributed by atoms with Gasteiger partial charge in [-0.15, -0.1) is 0 Å². The molecule has 3 heterocycles. The average molecular weight is 528 g/mol. The van der Waals surface area contributed by atoms with Crippen LogP contribution in [0.25, 0.3) is 0 Å². The Morgan fingerprint density at radius 2 is 1.76 bits per heavy atom. The summed E-state index contributed by atoms with van der Waals surface area (Å²) >= 11 is 0. The number of ether oxygens (including phenoxy) is 1. The highest BCUT2D eigenvalue weighted by Gasteiger charge is 2.41. The predicted octanol–water partition coefficient (Wildman–Crippen LogP) is 3.87. The van der Waals surface area contributed by atoms with Crippen molar-refractivity contribution in [1.82, 2.24) is 15.1 Å². The lowest BCUT2D eigenvalue weighted by Gasteiger charge is -2.38. The highest BCUT2D eigenvalue weighted by Crippen LogP contribution is 2.31. The van der Waals surface area contributed by atoms with Crippen molar-refractivity contribution in [3.05, 3.63) is 59.7 Å². The summed E-state index contributed by atoms with van der Waals surface area (Å²) < 4.78 is 32.2. The fourth-order valence-corrected chi connectivity index (χ4v) is 5.61. The van der Waals surface area contributed by atoms with Crippen molar-refractivity contribution < 1.29 is 27.9 Å². The molecule has 3 aliphatic rings. The third-order valence-electron chi connectivity index (χ3n) is 7.50. The standard InChI is InChI=1S/C27H31F2N5O4/c1-17(35)30-23-4-2-3-5-24(23)32-12-9-20(10-13-32)33-11-8-19(15-33)31-26(36)34-25(16-38-27(34)37)18-6-7-21(28)22(29)14-18/h2-7,14,19-20,25H,8-13,15-16H2,1H3,(H,30,35)(H,31,36)/t19-,25-/m1/s1. The van der Waals surface area contributed by atoms with E-state index in [1.54, 1.807) is 0 Å². The summed E-state index contributed by atoms with van der Waals surface area (Å²) in [6.07, 6.45) is 1.84. The van der Waals surface area contributed by atoms with Crippen LogP contribution < -0.4 is 15.5 Å². The number of carbonyl (C=O) groups is 3. The predicted molar refractivity (Wildman–Crippen MR) is 137 cm³/mol. The van der Waals surface area contributed by atoms with Crippen LogP contribution in [0.15, 0.2) is 42.5 Å². The molecule has 2 aromatic rings. The normalized spacial score (nSPS) is 22.4. The van der Waals surface area contributed by atoms with Gasteiger partial charge in [0.05, 0.1) is 11.4 Å². The molecule has 0 aromatic heterocycles. The van der Waals surface area contributed by atoms with Crippen LogP contribution in [0.1, 0.15) is 37.8 Å². The first-order valence-electron chi connectivity index (χ1n) is 12.9. The van der Waals surface area contributed by atoms with Crippen molar-refractivity contribution in [2.75, 3.05) is 43.0 Å². The Kier molecular flexibility index (Phi) is 7.46. The molecule has 4 amide bonds. The number of nitrogens with zero attached hydrogens (tertiary/aromatic N) is 3. The lowest BCUT2D eigenvalue weighted by Crippen LogP contribution is -2.48. The van der Waals surface area contributed by atoms with E-state index < -0.39 is 29.8 Å². The zero-order valence-corrected chi connectivity index (χ0v) is 21.2. The number of imide groups is 1. The van der Waals surface area contributed by atoms with Crippen molar-refractivity contribution >= 4 is 29.4 Å². The number of nitrogens with one attached hydrogen (secondary N) is 2. The number of rotatable bonds is 5. The third kappa shape index (κ3) is 5.42. The summed E-state index contributed by atoms with van der Waals surface area (Å²) in [6, 6.07) is 9.92. The number of para-hydroxylation sites is 2. The molecular formula is C27H31F2N5O4. The quantitative estimate of drug-likeness (QED) is 0.613. The molecule has 3 fully saturated rings. The molecule has 0 saturated carbocycles. The molecule has 0 spiro atoms. The number of hydrogen-bond acceptors (Lipinski definition) is 6. The first-order chi connectivity index (χ1) is 18.3. The number of piperidine rings is 1. The van der Waals surface area contributed by atoms with Crippen LogP contribution >= 0.6 is 0 Å². The minimum absolute atomic E-state index is 0.101. The van der Waals surface area contributed by atoms with Gasteiger partial charge in [0.1, 0.15) is 12.6 Å². The maximum Gasteiger partial charge on any atom is 0.418 e. The number of carbonyl (C=O) groups excluding carboxylic acids is 3. The van der Waals surface area contributed by atoms with Gasteiger partial charge < -0.3 is 20.3 Å². The van der Waals surface area contributed by atoms with Crippen LogP contribution in [0.2, 0.25) is 0 Å². The van der Waals surface area contributed by atoms with Gasteiger partial charge in [-0.2, -0.15) is 0 Å². The Morgan fingerprint density at radius 3 is 2.50 bits per heavy atom. The van der Waals surface area contributed by atoms with Gasteiger partial charge in [0.2, 0.25) is 5.91 Å². The number of halogens is 2. The Labute approximate surface area is 219 Å². The Morgan fingerprint density at radius 1 is 1.00 bits per heavy atom. The fraction of sp³-hybridized carbons (Fsp3) is 0.444. The van der Waals surface area contributed by atoms with E-state index in [1.165, 1.54) is 13.0 Å². The maximum atomic E-state index is 13.8. The maximum absolute atomic E-state index is 13.8. The van der Waals surface area contributed by atoms with Crippen molar-refractivity contribution in [2.24, 2.45) is 0 Å². The van der Waals surface area contributed by atoms with E-state index in [4.69, 9.17) is 4.74 Å². The molecule has 2 N–H and O–H groups in total. The van der Waals surface area contributed by atoms with Crippen molar-refractivity contribution in [1.29, 1.82) is 0 Å². The van der Waals surface area contributed by atoms with E-state index in [0.29, 0.717) is 18.2 Å². The van der Waals surface area contributed by atoms with Gasteiger partial charge >= 0.3 is 12.1 Å². The molecule has 9 nitrogen and oxygen atoms in total. The molecule has 0 unspecified atom stereocenters. The largest absolute Gasteiger partial charge is 0.446 e. The average Bonchev–Trinajstić information content (AvgIpc) is 3.52. The molecule has 0 radical (unpaired) electrons. The summed E-state index contributed by atoms with van der Waals surface area (Å²) in [5, 5.41) is 5.83. The molecule has 38 heavy (non-hydrogen) atoms. The molecule has 2 atom stereocenters. The van der Waals surface area contributed by atoms with E-state index >= 15 is 0 Å². The van der Waals surface area contributed by atoms with Crippen LogP contribution in [-0.2, 0) is 9.53 Å². The summed E-state index contributed by atoms with van der Waals surface area (Å²) in [5.41, 5.74) is 2.12. The molecule has 11 heteroatoms. The third-order valence-corrected chi connectivity index (χ3v) is 7.50. The number of amides is 4. The first kappa shape index (κ1) is 25.9. The summed E-state index contributed by atoms with van der Waals surface area (Å²) in [5.74, 6) is -2.14. The summed E-state index contributed by atoms with van der Waals surface area (Å²) in [7, 11) is 0. The molecule has 0 aliphatic carbocycles. The minimum Gasteiger partial charge on any atom is -0.446 e. The van der Waals surface area contributed by atoms with Crippen LogP contribution in [0, 0.1) is 11.6 Å². The van der Waals surface area contributed by atoms with Crippen LogP contribution in [0.3, 0.4) is 0 Å². The van der Waals surface area contributed by atoms with Gasteiger partial charge in [0.15, 0.2) is 11.6 Å². The molecule has 3 aliphatic heterocycles. The Bertz CT molecular complexity index is 1220. The molecule has 202 valence electrons. The van der Waals surface area contributed by atoms with Gasteiger partial charge in [0, 0.05) is 45.2 Å². The number of cyclic esters (lactones) is 1. The van der Waals surface area contributed by atoms with Gasteiger partial charge in [-0.05, 0) is 49.1 Å². The zero-order valence-electron chi connectivity index (χ0n) is 21.2. The van der Waals surface area contributed by atoms with Crippen LogP contribution in [0.4, 0.5) is 29.7 Å². The SMILES string of the molecule is CC(=O)Nc1ccccc1N1CCC(N2CC[C@@H](NC(=O)N3C(=O)OC[C@@H]3c3ccc(F)c(F)c3)C2)CC1. The molecule has 2 aromatic carbocycles. The van der Waals surface area contributed by atoms with Gasteiger partial charge in [-0.25, -0.2) is 23.3 Å². The number of urea groups is 1. The summed E-state index contributed by atoms with van der Waals surface area (Å²) in [4.78, 5) is 42.5. The topological polar surface area (TPSA) is 94.2 Å². The monoisotopic (exact) mass is 527 g/mol. The molecule has 5 rings (SSSR count). The Balaban J connectivity index is 1.15. The second-order valence-electron chi connectivity index (χ2n) is 9.98. The number of anilines is 2. The number of hydrogen-bond donors (Lipinski definition) is 2. The van der Waals surface area contributed by atoms with E-state index in [-0.39, 0.29) is 18.6 Å². The zero-order chi connectivity index (χ0) is 26.8.